The molecule has 31 heavy (non-hydrogen) atoms. The zero-order valence-electron chi connectivity index (χ0n) is 18.4. The first kappa shape index (κ1) is 18.3. The van der Waals surface area contributed by atoms with E-state index < -0.39 is 0 Å². The van der Waals surface area contributed by atoms with Crippen LogP contribution in [0.25, 0.3) is 32.9 Å². The second kappa shape index (κ2) is 6.49. The smallest absolute Gasteiger partial charge is 0.0780 e. The number of hydrogen-bond donors (Lipinski definition) is 2. The number of hydrogen-bond acceptors (Lipinski definition) is 1. The average molecular weight is 403 g/mol. The summed E-state index contributed by atoms with van der Waals surface area (Å²) in [4.78, 5) is 3.67. The molecule has 1 atom stereocenters. The molecule has 4 aromatic carbocycles. The Morgan fingerprint density at radius 1 is 0.581 bits per heavy atom. The second-order valence-electron chi connectivity index (χ2n) is 9.17. The summed E-state index contributed by atoms with van der Waals surface area (Å²) >= 11 is 0. The summed E-state index contributed by atoms with van der Waals surface area (Å²) in [5.74, 6) is 0. The number of H-pyrrole nitrogens is 1. The summed E-state index contributed by atoms with van der Waals surface area (Å²) in [5, 5.41) is 6.52. The maximum Gasteiger partial charge on any atom is 0.0780 e. The molecule has 1 aromatic heterocycles. The predicted molar refractivity (Wildman–Crippen MR) is 132 cm³/mol. The zero-order valence-corrected chi connectivity index (χ0v) is 18.4. The van der Waals surface area contributed by atoms with E-state index in [1.807, 2.05) is 0 Å². The Labute approximate surface area is 182 Å². The highest BCUT2D eigenvalue weighted by Gasteiger charge is 2.28. The first-order valence-electron chi connectivity index (χ1n) is 11.0. The van der Waals surface area contributed by atoms with E-state index >= 15 is 0 Å². The molecule has 5 aromatic rings. The fraction of sp³-hybridized carbons (Fsp3) is 0.172. The van der Waals surface area contributed by atoms with E-state index in [9.17, 15) is 0 Å². The van der Waals surface area contributed by atoms with Gasteiger partial charge in [0.15, 0.2) is 0 Å². The highest BCUT2D eigenvalue weighted by Crippen LogP contribution is 2.46. The number of aromatic nitrogens is 1. The van der Waals surface area contributed by atoms with Crippen molar-refractivity contribution < 1.29 is 0 Å². The summed E-state index contributed by atoms with van der Waals surface area (Å²) in [6, 6.07) is 25.1. The Kier molecular flexibility index (Phi) is 3.82. The molecule has 1 unspecified atom stereocenters. The van der Waals surface area contributed by atoms with Crippen molar-refractivity contribution in [1.29, 1.82) is 0 Å². The van der Waals surface area contributed by atoms with Gasteiger partial charge in [-0.2, -0.15) is 0 Å². The summed E-state index contributed by atoms with van der Waals surface area (Å²) in [7, 11) is 0. The van der Waals surface area contributed by atoms with E-state index in [4.69, 9.17) is 0 Å². The Morgan fingerprint density at radius 2 is 1.23 bits per heavy atom. The molecule has 2 N–H and O–H groups in total. The molecule has 2 heteroatoms. The van der Waals surface area contributed by atoms with Crippen LogP contribution in [0.3, 0.4) is 0 Å². The van der Waals surface area contributed by atoms with Crippen LogP contribution in [0.2, 0.25) is 0 Å². The van der Waals surface area contributed by atoms with Gasteiger partial charge < -0.3 is 10.3 Å². The standard InChI is InChI=1S/C29H26N2/c1-16-5-8-20-21-9-6-17(2)13-25(21)31-29(23(20)11-16)24-12-19(4)15-27-28(24)22-10-7-18(3)14-26(22)30-27/h5-15,29-31H,1-4H3. The monoisotopic (exact) mass is 402 g/mol. The maximum atomic E-state index is 3.91. The van der Waals surface area contributed by atoms with Gasteiger partial charge in [-0.05, 0) is 79.3 Å². The largest absolute Gasteiger partial charge is 0.374 e. The molecule has 0 aliphatic carbocycles. The molecule has 0 fully saturated rings. The molecule has 0 spiro atoms. The summed E-state index contributed by atoms with van der Waals surface area (Å²) in [6.07, 6.45) is 0. The highest BCUT2D eigenvalue weighted by atomic mass is 14.9. The lowest BCUT2D eigenvalue weighted by atomic mass is 9.83. The first-order chi connectivity index (χ1) is 15.0. The van der Waals surface area contributed by atoms with Crippen LogP contribution in [0.15, 0.2) is 66.7 Å². The van der Waals surface area contributed by atoms with Gasteiger partial charge in [0.05, 0.1) is 6.04 Å². The molecular formula is C29H26N2. The third-order valence-corrected chi connectivity index (χ3v) is 6.62. The number of aryl methyl sites for hydroxylation is 4. The lowest BCUT2D eigenvalue weighted by Gasteiger charge is -2.31. The Morgan fingerprint density at radius 3 is 2.06 bits per heavy atom. The van der Waals surface area contributed by atoms with Crippen molar-refractivity contribution >= 4 is 27.5 Å². The van der Waals surface area contributed by atoms with Gasteiger partial charge in [0.2, 0.25) is 0 Å². The first-order valence-corrected chi connectivity index (χ1v) is 11.0. The van der Waals surface area contributed by atoms with E-state index in [-0.39, 0.29) is 6.04 Å². The van der Waals surface area contributed by atoms with E-state index in [2.05, 4.69) is 105 Å². The molecule has 6 rings (SSSR count). The van der Waals surface area contributed by atoms with Gasteiger partial charge in [0.25, 0.3) is 0 Å². The van der Waals surface area contributed by atoms with Crippen molar-refractivity contribution in [3.05, 3.63) is 100 Å². The van der Waals surface area contributed by atoms with E-state index in [1.165, 1.54) is 72.0 Å². The molecule has 152 valence electrons. The normalized spacial score (nSPS) is 15.0. The number of benzene rings is 4. The molecule has 0 radical (unpaired) electrons. The van der Waals surface area contributed by atoms with Crippen LogP contribution in [-0.4, -0.2) is 4.98 Å². The van der Waals surface area contributed by atoms with Crippen molar-refractivity contribution in [3.8, 4) is 11.1 Å². The minimum atomic E-state index is 0.104. The Hall–Kier alpha value is -3.52. The summed E-state index contributed by atoms with van der Waals surface area (Å²) in [5.41, 5.74) is 14.1. The van der Waals surface area contributed by atoms with Crippen LogP contribution in [0.5, 0.6) is 0 Å². The molecule has 2 heterocycles. The predicted octanol–water partition coefficient (Wildman–Crippen LogP) is 7.74. The molecule has 1 aliphatic heterocycles. The maximum absolute atomic E-state index is 3.91. The van der Waals surface area contributed by atoms with Gasteiger partial charge in [-0.1, -0.05) is 54.1 Å². The Balaban J connectivity index is 1.68. The SMILES string of the molecule is Cc1ccc2c(c1)NC(c1cc(C)cc3[nH]c4cc(C)ccc4c13)c1cc(C)ccc1-2. The van der Waals surface area contributed by atoms with Crippen LogP contribution < -0.4 is 5.32 Å². The van der Waals surface area contributed by atoms with Gasteiger partial charge in [-0.25, -0.2) is 0 Å². The lowest BCUT2D eigenvalue weighted by molar-refractivity contribution is 0.935. The topological polar surface area (TPSA) is 27.8 Å². The number of nitrogens with one attached hydrogen (secondary N) is 2. The van der Waals surface area contributed by atoms with Gasteiger partial charge in [-0.15, -0.1) is 0 Å². The van der Waals surface area contributed by atoms with Crippen molar-refractivity contribution in [2.75, 3.05) is 5.32 Å². The third kappa shape index (κ3) is 2.79. The second-order valence-corrected chi connectivity index (χ2v) is 9.17. The lowest BCUT2D eigenvalue weighted by Crippen LogP contribution is -2.19. The van der Waals surface area contributed by atoms with Crippen molar-refractivity contribution in [1.82, 2.24) is 4.98 Å². The average Bonchev–Trinajstić information content (AvgIpc) is 3.09. The van der Waals surface area contributed by atoms with Gasteiger partial charge >= 0.3 is 0 Å². The van der Waals surface area contributed by atoms with Crippen LogP contribution in [0.1, 0.15) is 39.4 Å². The molecule has 2 nitrogen and oxygen atoms in total. The van der Waals surface area contributed by atoms with Crippen LogP contribution in [0, 0.1) is 27.7 Å². The fourth-order valence-corrected chi connectivity index (χ4v) is 5.22. The van der Waals surface area contributed by atoms with Gasteiger partial charge in [-0.3, -0.25) is 0 Å². The highest BCUT2D eigenvalue weighted by molar-refractivity contribution is 6.10. The van der Waals surface area contributed by atoms with E-state index in [0.717, 1.165) is 0 Å². The minimum Gasteiger partial charge on any atom is -0.374 e. The molecule has 0 amide bonds. The fourth-order valence-electron chi connectivity index (χ4n) is 5.22. The number of rotatable bonds is 1. The zero-order chi connectivity index (χ0) is 21.3. The number of anilines is 1. The molecule has 0 saturated carbocycles. The third-order valence-electron chi connectivity index (χ3n) is 6.62. The molecule has 0 saturated heterocycles. The summed E-state index contributed by atoms with van der Waals surface area (Å²) in [6.45, 7) is 8.69. The summed E-state index contributed by atoms with van der Waals surface area (Å²) < 4.78 is 0. The Bertz CT molecular complexity index is 1500. The van der Waals surface area contributed by atoms with Crippen molar-refractivity contribution in [2.24, 2.45) is 0 Å². The van der Waals surface area contributed by atoms with Crippen molar-refractivity contribution in [3.63, 3.8) is 0 Å². The molecule has 1 aliphatic rings. The number of fused-ring (bicyclic) bond motifs is 6. The van der Waals surface area contributed by atoms with Crippen LogP contribution in [0.4, 0.5) is 5.69 Å². The van der Waals surface area contributed by atoms with Gasteiger partial charge in [0, 0.05) is 33.1 Å². The molecular weight excluding hydrogens is 376 g/mol. The van der Waals surface area contributed by atoms with E-state index in [1.54, 1.807) is 0 Å². The quantitative estimate of drug-likeness (QED) is 0.295. The van der Waals surface area contributed by atoms with Crippen molar-refractivity contribution in [2.45, 2.75) is 33.7 Å². The van der Waals surface area contributed by atoms with Crippen LogP contribution in [-0.2, 0) is 0 Å². The van der Waals surface area contributed by atoms with Gasteiger partial charge in [0.1, 0.15) is 0 Å². The van der Waals surface area contributed by atoms with E-state index in [0.29, 0.717) is 0 Å². The molecule has 0 bridgehead atoms. The van der Waals surface area contributed by atoms with Crippen LogP contribution >= 0.6 is 0 Å². The number of aromatic amines is 1. The minimum absolute atomic E-state index is 0.104.